The van der Waals surface area contributed by atoms with E-state index in [2.05, 4.69) is 11.6 Å². The van der Waals surface area contributed by atoms with Gasteiger partial charge in [-0.1, -0.05) is 6.08 Å². The Hall–Kier alpha value is -1.31. The molecule has 0 spiro atoms. The van der Waals surface area contributed by atoms with Crippen molar-refractivity contribution >= 4 is 0 Å². The zero-order chi connectivity index (χ0) is 8.81. The summed E-state index contributed by atoms with van der Waals surface area (Å²) in [6.07, 6.45) is 6.35. The van der Waals surface area contributed by atoms with E-state index in [1.165, 1.54) is 0 Å². The summed E-state index contributed by atoms with van der Waals surface area (Å²) in [6, 6.07) is 3.39. The fourth-order valence-electron chi connectivity index (χ4n) is 1.04. The lowest BCUT2D eigenvalue weighted by atomic mass is 10.1. The highest BCUT2D eigenvalue weighted by Crippen LogP contribution is 2.14. The number of allylic oxidation sites excluding steroid dienone is 1. The Morgan fingerprint density at radius 3 is 3.08 bits per heavy atom. The summed E-state index contributed by atoms with van der Waals surface area (Å²) in [7, 11) is 0. The van der Waals surface area contributed by atoms with Crippen LogP contribution in [0.4, 0.5) is 0 Å². The second kappa shape index (κ2) is 4.54. The van der Waals surface area contributed by atoms with Crippen molar-refractivity contribution in [3.8, 4) is 5.75 Å². The highest BCUT2D eigenvalue weighted by molar-refractivity contribution is 5.24. The Kier molecular flexibility index (Phi) is 3.33. The minimum atomic E-state index is 0.293. The highest BCUT2D eigenvalue weighted by Gasteiger charge is 1.98. The van der Waals surface area contributed by atoms with Gasteiger partial charge in [0, 0.05) is 6.20 Å². The molecule has 12 heavy (non-hydrogen) atoms. The first kappa shape index (κ1) is 8.78. The van der Waals surface area contributed by atoms with Crippen molar-refractivity contribution in [1.82, 2.24) is 4.98 Å². The van der Waals surface area contributed by atoms with Gasteiger partial charge in [-0.15, -0.1) is 6.58 Å². The average molecular weight is 163 g/mol. The van der Waals surface area contributed by atoms with Gasteiger partial charge in [-0.25, -0.2) is 0 Å². The molecule has 1 heterocycles. The van der Waals surface area contributed by atoms with Crippen molar-refractivity contribution in [2.45, 2.75) is 19.3 Å². The molecule has 0 aliphatic heterocycles. The predicted molar refractivity (Wildman–Crippen MR) is 49.0 cm³/mol. The lowest BCUT2D eigenvalue weighted by molar-refractivity contribution is 0.463. The summed E-state index contributed by atoms with van der Waals surface area (Å²) in [5.41, 5.74) is 0.777. The Morgan fingerprint density at radius 2 is 2.42 bits per heavy atom. The molecular formula is C10H13NO. The third-order valence-electron chi connectivity index (χ3n) is 1.69. The van der Waals surface area contributed by atoms with Crippen LogP contribution in [0.1, 0.15) is 18.5 Å². The van der Waals surface area contributed by atoms with Crippen LogP contribution >= 0.6 is 0 Å². The molecule has 0 fully saturated rings. The van der Waals surface area contributed by atoms with Crippen molar-refractivity contribution in [2.24, 2.45) is 0 Å². The molecule has 1 aromatic rings. The molecule has 1 N–H and O–H groups in total. The summed E-state index contributed by atoms with van der Waals surface area (Å²) >= 11 is 0. The maximum atomic E-state index is 9.32. The van der Waals surface area contributed by atoms with Crippen LogP contribution in [0.15, 0.2) is 31.0 Å². The molecular weight excluding hydrogens is 150 g/mol. The molecule has 0 aliphatic carbocycles. The maximum absolute atomic E-state index is 9.32. The molecule has 2 nitrogen and oxygen atoms in total. The van der Waals surface area contributed by atoms with Crippen molar-refractivity contribution in [2.75, 3.05) is 0 Å². The largest absolute Gasteiger partial charge is 0.506 e. The number of nitrogens with zero attached hydrogens (tertiary/aromatic N) is 1. The molecule has 2 heteroatoms. The smallest absolute Gasteiger partial charge is 0.137 e. The standard InChI is InChI=1S/C10H13NO/c1-2-3-4-6-9-10(12)7-5-8-11-9/h2,5,7-8,12H,1,3-4,6H2. The second-order valence-corrected chi connectivity index (χ2v) is 2.65. The van der Waals surface area contributed by atoms with Gasteiger partial charge in [-0.2, -0.15) is 0 Å². The van der Waals surface area contributed by atoms with Crippen LogP contribution in [-0.2, 0) is 6.42 Å². The lowest BCUT2D eigenvalue weighted by Gasteiger charge is -2.00. The van der Waals surface area contributed by atoms with Crippen LogP contribution in [0, 0.1) is 0 Å². The molecule has 0 bridgehead atoms. The third kappa shape index (κ3) is 2.38. The number of unbranched alkanes of at least 4 members (excludes halogenated alkanes) is 1. The summed E-state index contributed by atoms with van der Waals surface area (Å²) in [5, 5.41) is 9.32. The van der Waals surface area contributed by atoms with Gasteiger partial charge in [0.15, 0.2) is 0 Å². The fraction of sp³-hybridized carbons (Fsp3) is 0.300. The maximum Gasteiger partial charge on any atom is 0.137 e. The third-order valence-corrected chi connectivity index (χ3v) is 1.69. The lowest BCUT2D eigenvalue weighted by Crippen LogP contribution is -1.89. The van der Waals surface area contributed by atoms with Crippen LogP contribution in [0.5, 0.6) is 5.75 Å². The van der Waals surface area contributed by atoms with E-state index >= 15 is 0 Å². The first-order valence-corrected chi connectivity index (χ1v) is 4.08. The van der Waals surface area contributed by atoms with Gasteiger partial charge >= 0.3 is 0 Å². The Bertz CT molecular complexity index is 258. The van der Waals surface area contributed by atoms with Gasteiger partial charge in [-0.3, -0.25) is 4.98 Å². The molecule has 1 aromatic heterocycles. The van der Waals surface area contributed by atoms with Gasteiger partial charge < -0.3 is 5.11 Å². The molecule has 0 atom stereocenters. The van der Waals surface area contributed by atoms with Gasteiger partial charge in [0.1, 0.15) is 5.75 Å². The van der Waals surface area contributed by atoms with Crippen molar-refractivity contribution in [3.05, 3.63) is 36.7 Å². The van der Waals surface area contributed by atoms with E-state index in [0.717, 1.165) is 25.0 Å². The normalized spacial score (nSPS) is 9.67. The number of hydrogen-bond donors (Lipinski definition) is 1. The molecule has 0 saturated carbocycles. The summed E-state index contributed by atoms with van der Waals surface area (Å²) in [4.78, 5) is 4.07. The fourth-order valence-corrected chi connectivity index (χ4v) is 1.04. The summed E-state index contributed by atoms with van der Waals surface area (Å²) in [5.74, 6) is 0.293. The number of rotatable bonds is 4. The first-order chi connectivity index (χ1) is 5.84. The van der Waals surface area contributed by atoms with Gasteiger partial charge in [0.2, 0.25) is 0 Å². The second-order valence-electron chi connectivity index (χ2n) is 2.65. The Balaban J connectivity index is 2.51. The topological polar surface area (TPSA) is 33.1 Å². The van der Waals surface area contributed by atoms with Gasteiger partial charge in [0.25, 0.3) is 0 Å². The van der Waals surface area contributed by atoms with E-state index in [1.807, 2.05) is 6.08 Å². The highest BCUT2D eigenvalue weighted by atomic mass is 16.3. The SMILES string of the molecule is C=CCCCc1ncccc1O. The van der Waals surface area contributed by atoms with Crippen molar-refractivity contribution < 1.29 is 5.11 Å². The molecule has 0 unspecified atom stereocenters. The molecule has 64 valence electrons. The minimum Gasteiger partial charge on any atom is -0.506 e. The molecule has 0 amide bonds. The van der Waals surface area contributed by atoms with Crippen LogP contribution < -0.4 is 0 Å². The monoisotopic (exact) mass is 163 g/mol. The summed E-state index contributed by atoms with van der Waals surface area (Å²) in [6.45, 7) is 3.63. The van der Waals surface area contributed by atoms with Crippen molar-refractivity contribution in [3.63, 3.8) is 0 Å². The quantitative estimate of drug-likeness (QED) is 0.545. The van der Waals surface area contributed by atoms with Gasteiger partial charge in [-0.05, 0) is 31.4 Å². The minimum absolute atomic E-state index is 0.293. The molecule has 0 aliphatic rings. The van der Waals surface area contributed by atoms with Crippen LogP contribution in [0.2, 0.25) is 0 Å². The number of aromatic nitrogens is 1. The average Bonchev–Trinajstić information content (AvgIpc) is 2.09. The van der Waals surface area contributed by atoms with Crippen LogP contribution in [0.25, 0.3) is 0 Å². The number of aromatic hydroxyl groups is 1. The molecule has 1 rings (SSSR count). The van der Waals surface area contributed by atoms with Crippen molar-refractivity contribution in [1.29, 1.82) is 0 Å². The molecule has 0 radical (unpaired) electrons. The summed E-state index contributed by atoms with van der Waals surface area (Å²) < 4.78 is 0. The van der Waals surface area contributed by atoms with Gasteiger partial charge in [0.05, 0.1) is 5.69 Å². The zero-order valence-corrected chi connectivity index (χ0v) is 7.03. The zero-order valence-electron chi connectivity index (χ0n) is 7.03. The number of hydrogen-bond acceptors (Lipinski definition) is 2. The van der Waals surface area contributed by atoms with E-state index in [0.29, 0.717) is 5.75 Å². The Morgan fingerprint density at radius 1 is 1.58 bits per heavy atom. The van der Waals surface area contributed by atoms with Crippen LogP contribution in [0.3, 0.4) is 0 Å². The van der Waals surface area contributed by atoms with E-state index < -0.39 is 0 Å². The first-order valence-electron chi connectivity index (χ1n) is 4.08. The van der Waals surface area contributed by atoms with E-state index in [9.17, 15) is 5.11 Å². The Labute approximate surface area is 72.6 Å². The predicted octanol–water partition coefficient (Wildman–Crippen LogP) is 2.30. The van der Waals surface area contributed by atoms with E-state index in [1.54, 1.807) is 18.3 Å². The molecule has 0 saturated heterocycles. The number of pyridine rings is 1. The van der Waals surface area contributed by atoms with E-state index in [-0.39, 0.29) is 0 Å². The number of aryl methyl sites for hydroxylation is 1. The molecule has 0 aromatic carbocycles. The van der Waals surface area contributed by atoms with Crippen LogP contribution in [-0.4, -0.2) is 10.1 Å². The van der Waals surface area contributed by atoms with E-state index in [4.69, 9.17) is 0 Å².